The molecule has 0 amide bonds. The summed E-state index contributed by atoms with van der Waals surface area (Å²) in [5.74, 6) is 0.195. The van der Waals surface area contributed by atoms with E-state index in [2.05, 4.69) is 20.8 Å². The van der Waals surface area contributed by atoms with Crippen LogP contribution in [0.25, 0.3) is 0 Å². The number of hydrogen-bond donors (Lipinski definition) is 2. The van der Waals surface area contributed by atoms with Crippen molar-refractivity contribution in [2.24, 2.45) is 0 Å². The Morgan fingerprint density at radius 2 is 1.00 bits per heavy atom. The molecule has 0 saturated heterocycles. The monoisotopic (exact) mass is 650 g/mol. The van der Waals surface area contributed by atoms with Crippen LogP contribution >= 0.6 is 19.6 Å². The molecule has 258 valence electrons. The molecule has 0 fully saturated rings. The summed E-state index contributed by atoms with van der Waals surface area (Å²) in [5, 5.41) is 0.403. The summed E-state index contributed by atoms with van der Waals surface area (Å²) in [5.41, 5.74) is 0. The maximum absolute atomic E-state index is 12.4. The van der Waals surface area contributed by atoms with Gasteiger partial charge in [-0.05, 0) is 12.8 Å². The van der Waals surface area contributed by atoms with Crippen molar-refractivity contribution in [3.05, 3.63) is 0 Å². The third-order valence-corrected chi connectivity index (χ3v) is 10.1. The lowest BCUT2D eigenvalue weighted by atomic mass is 10.0. The molecule has 0 aromatic rings. The van der Waals surface area contributed by atoms with Crippen molar-refractivity contribution < 1.29 is 28.4 Å². The van der Waals surface area contributed by atoms with Gasteiger partial charge in [0.05, 0.1) is 6.61 Å². The van der Waals surface area contributed by atoms with Gasteiger partial charge in [0.15, 0.2) is 0 Å². The molecule has 0 saturated carbocycles. The molecule has 0 rings (SSSR count). The van der Waals surface area contributed by atoms with E-state index in [0.717, 1.165) is 25.7 Å². The van der Waals surface area contributed by atoms with E-state index < -0.39 is 13.9 Å². The Bertz CT molecular complexity index is 644. The molecule has 0 aromatic carbocycles. The molecule has 6 nitrogen and oxygen atoms in total. The van der Waals surface area contributed by atoms with Crippen LogP contribution in [0.4, 0.5) is 0 Å². The second kappa shape index (κ2) is 31.9. The molecule has 0 aromatic heterocycles. The van der Waals surface area contributed by atoms with Crippen LogP contribution in [0.3, 0.4) is 0 Å². The standard InChI is InChI=1S/C35H71O6PS/c1-4-6-8-10-12-14-16-18-20-22-24-26-28-30-35(36)41-34(31-40-42(37,38)39)32-43-33(3)29-27-25-23-21-19-17-15-13-11-9-7-5-2/h33-34H,4-32H2,1-3H3,(H2,37,38,39). The minimum absolute atomic E-state index is 0.271. The Kier molecular flexibility index (Phi) is 31.8. The Hall–Kier alpha value is -0.0700. The van der Waals surface area contributed by atoms with E-state index in [1.165, 1.54) is 141 Å². The van der Waals surface area contributed by atoms with E-state index in [-0.39, 0.29) is 12.6 Å². The lowest BCUT2D eigenvalue weighted by Gasteiger charge is -2.20. The van der Waals surface area contributed by atoms with E-state index in [0.29, 0.717) is 17.4 Å². The van der Waals surface area contributed by atoms with Gasteiger partial charge in [-0.25, -0.2) is 4.57 Å². The number of ether oxygens (including phenoxy) is 1. The summed E-state index contributed by atoms with van der Waals surface area (Å²) in [6.45, 7) is 6.43. The largest absolute Gasteiger partial charge is 0.469 e. The number of hydrogen-bond acceptors (Lipinski definition) is 5. The summed E-state index contributed by atoms with van der Waals surface area (Å²) in [4.78, 5) is 30.7. The lowest BCUT2D eigenvalue weighted by Crippen LogP contribution is -2.26. The van der Waals surface area contributed by atoms with Crippen molar-refractivity contribution in [3.63, 3.8) is 0 Å². The molecule has 0 aliphatic carbocycles. The fraction of sp³-hybridized carbons (Fsp3) is 0.971. The van der Waals surface area contributed by atoms with Crippen LogP contribution in [-0.4, -0.2) is 39.5 Å². The minimum Gasteiger partial charge on any atom is -0.459 e. The number of unbranched alkanes of at least 4 members (excludes halogenated alkanes) is 23. The van der Waals surface area contributed by atoms with Gasteiger partial charge in [-0.3, -0.25) is 9.32 Å². The van der Waals surface area contributed by atoms with Gasteiger partial charge in [-0.15, -0.1) is 0 Å². The highest BCUT2D eigenvalue weighted by atomic mass is 32.2. The molecule has 8 heteroatoms. The number of carbonyl (C=O) groups is 1. The van der Waals surface area contributed by atoms with Crippen molar-refractivity contribution in [2.75, 3.05) is 12.4 Å². The van der Waals surface area contributed by atoms with Crippen LogP contribution < -0.4 is 0 Å². The Balaban J connectivity index is 3.95. The maximum atomic E-state index is 12.4. The minimum atomic E-state index is -4.60. The third-order valence-electron chi connectivity index (χ3n) is 8.24. The quantitative estimate of drug-likeness (QED) is 0.0406. The van der Waals surface area contributed by atoms with Gasteiger partial charge < -0.3 is 14.5 Å². The highest BCUT2D eigenvalue weighted by Crippen LogP contribution is 2.36. The zero-order valence-electron chi connectivity index (χ0n) is 28.5. The number of phosphoric acid groups is 1. The van der Waals surface area contributed by atoms with E-state index in [9.17, 15) is 9.36 Å². The van der Waals surface area contributed by atoms with Gasteiger partial charge in [-0.2, -0.15) is 11.8 Å². The fourth-order valence-electron chi connectivity index (χ4n) is 5.46. The summed E-state index contributed by atoms with van der Waals surface area (Å²) in [6.07, 6.45) is 33.1. The first kappa shape index (κ1) is 42.9. The van der Waals surface area contributed by atoms with Gasteiger partial charge in [0.25, 0.3) is 0 Å². The second-order valence-corrected chi connectivity index (χ2v) is 15.4. The molecule has 0 aliphatic heterocycles. The highest BCUT2D eigenvalue weighted by molar-refractivity contribution is 7.99. The molecule has 2 N–H and O–H groups in total. The first-order valence-electron chi connectivity index (χ1n) is 18.3. The summed E-state index contributed by atoms with van der Waals surface area (Å²) in [7, 11) is -4.60. The first-order chi connectivity index (χ1) is 20.8. The lowest BCUT2D eigenvalue weighted by molar-refractivity contribution is -0.149. The molecule has 43 heavy (non-hydrogen) atoms. The molecule has 0 aliphatic rings. The zero-order valence-corrected chi connectivity index (χ0v) is 30.3. The number of rotatable bonds is 34. The highest BCUT2D eigenvalue weighted by Gasteiger charge is 2.22. The summed E-state index contributed by atoms with van der Waals surface area (Å²) < 4.78 is 21.5. The molecule has 0 spiro atoms. The van der Waals surface area contributed by atoms with Crippen LogP contribution in [-0.2, 0) is 18.6 Å². The van der Waals surface area contributed by atoms with E-state index >= 15 is 0 Å². The van der Waals surface area contributed by atoms with E-state index in [1.807, 2.05) is 0 Å². The van der Waals surface area contributed by atoms with Crippen molar-refractivity contribution in [3.8, 4) is 0 Å². The zero-order chi connectivity index (χ0) is 31.9. The van der Waals surface area contributed by atoms with Crippen LogP contribution in [0.5, 0.6) is 0 Å². The topological polar surface area (TPSA) is 93.1 Å². The van der Waals surface area contributed by atoms with Crippen LogP contribution in [0, 0.1) is 0 Å². The van der Waals surface area contributed by atoms with Gasteiger partial charge >= 0.3 is 13.8 Å². The number of phosphoric ester groups is 1. The van der Waals surface area contributed by atoms with Crippen molar-refractivity contribution in [2.45, 2.75) is 205 Å². The maximum Gasteiger partial charge on any atom is 0.469 e. The SMILES string of the molecule is CCCCCCCCCCCCCCCC(=O)OC(COP(=O)(O)O)CSC(C)CCCCCCCCCCCCCC. The fourth-order valence-corrected chi connectivity index (χ4v) is 6.86. The number of esters is 1. The van der Waals surface area contributed by atoms with Crippen molar-refractivity contribution in [1.82, 2.24) is 0 Å². The first-order valence-corrected chi connectivity index (χ1v) is 20.9. The van der Waals surface area contributed by atoms with Gasteiger partial charge in [0, 0.05) is 17.4 Å². The third kappa shape index (κ3) is 34.6. The normalized spacial score (nSPS) is 13.3. The van der Waals surface area contributed by atoms with E-state index in [1.54, 1.807) is 11.8 Å². The molecule has 0 radical (unpaired) electrons. The van der Waals surface area contributed by atoms with Gasteiger partial charge in [-0.1, -0.05) is 175 Å². The molecule has 2 atom stereocenters. The van der Waals surface area contributed by atoms with E-state index in [4.69, 9.17) is 19.0 Å². The summed E-state index contributed by atoms with van der Waals surface area (Å²) in [6, 6.07) is 0. The van der Waals surface area contributed by atoms with Gasteiger partial charge in [0.1, 0.15) is 6.10 Å². The Labute approximate surface area is 271 Å². The van der Waals surface area contributed by atoms with Crippen LogP contribution in [0.2, 0.25) is 0 Å². The molecule has 2 unspecified atom stereocenters. The predicted octanol–water partition coefficient (Wildman–Crippen LogP) is 11.7. The average molecular weight is 651 g/mol. The van der Waals surface area contributed by atoms with Crippen molar-refractivity contribution >= 4 is 25.6 Å². The van der Waals surface area contributed by atoms with Gasteiger partial charge in [0.2, 0.25) is 0 Å². The average Bonchev–Trinajstić information content (AvgIpc) is 2.97. The smallest absolute Gasteiger partial charge is 0.459 e. The van der Waals surface area contributed by atoms with Crippen LogP contribution in [0.15, 0.2) is 0 Å². The second-order valence-electron chi connectivity index (χ2n) is 12.7. The molecular weight excluding hydrogens is 579 g/mol. The predicted molar refractivity (Wildman–Crippen MR) is 186 cm³/mol. The molecule has 0 heterocycles. The number of carbonyl (C=O) groups excluding carboxylic acids is 1. The number of thioether (sulfide) groups is 1. The molecule has 0 bridgehead atoms. The summed E-state index contributed by atoms with van der Waals surface area (Å²) >= 11 is 1.70. The Morgan fingerprint density at radius 1 is 0.628 bits per heavy atom. The van der Waals surface area contributed by atoms with Crippen molar-refractivity contribution in [1.29, 1.82) is 0 Å². The molecular formula is C35H71O6PS. The van der Waals surface area contributed by atoms with Crippen LogP contribution in [0.1, 0.15) is 194 Å². The Morgan fingerprint density at radius 3 is 1.40 bits per heavy atom.